The lowest BCUT2D eigenvalue weighted by molar-refractivity contribution is -0.143. The molecule has 3 nitrogen and oxygen atoms in total. The smallest absolute Gasteiger partial charge is 0.433 e. The maximum Gasteiger partial charge on any atom is 0.433 e. The van der Waals surface area contributed by atoms with Crippen molar-refractivity contribution >= 4 is 21.9 Å². The van der Waals surface area contributed by atoms with Gasteiger partial charge in [0.05, 0.1) is 18.6 Å². The highest BCUT2D eigenvalue weighted by molar-refractivity contribution is 9.10. The van der Waals surface area contributed by atoms with Gasteiger partial charge in [0.2, 0.25) is 0 Å². The molecule has 0 aliphatic carbocycles. The standard InChI is InChI=1S/C11H9BrF5NO2/c1-2-20-6(19)3-5-4-18-9(11(15,16)17)7(8(5)12)10(13)14/h4,10H,2-3H2,1H3. The van der Waals surface area contributed by atoms with E-state index in [-0.39, 0.29) is 12.2 Å². The van der Waals surface area contributed by atoms with Crippen molar-refractivity contribution in [1.82, 2.24) is 4.98 Å². The summed E-state index contributed by atoms with van der Waals surface area (Å²) in [4.78, 5) is 14.2. The summed E-state index contributed by atoms with van der Waals surface area (Å²) >= 11 is 2.68. The number of alkyl halides is 5. The molecule has 0 amide bonds. The average molecular weight is 362 g/mol. The highest BCUT2D eigenvalue weighted by Crippen LogP contribution is 2.39. The van der Waals surface area contributed by atoms with E-state index in [1.54, 1.807) is 6.92 Å². The van der Waals surface area contributed by atoms with Crippen LogP contribution in [0.3, 0.4) is 0 Å². The third-order valence-corrected chi connectivity index (χ3v) is 3.19. The minimum Gasteiger partial charge on any atom is -0.466 e. The molecule has 0 spiro atoms. The Balaban J connectivity index is 3.26. The first-order valence-corrected chi connectivity index (χ1v) is 6.16. The van der Waals surface area contributed by atoms with Gasteiger partial charge in [-0.3, -0.25) is 9.78 Å². The number of hydrogen-bond acceptors (Lipinski definition) is 3. The van der Waals surface area contributed by atoms with Gasteiger partial charge in [0.1, 0.15) is 0 Å². The van der Waals surface area contributed by atoms with E-state index in [0.29, 0.717) is 0 Å². The molecule has 0 aromatic carbocycles. The summed E-state index contributed by atoms with van der Waals surface area (Å²) in [6, 6.07) is 0. The number of carbonyl (C=O) groups is 1. The fraction of sp³-hybridized carbons (Fsp3) is 0.455. The van der Waals surface area contributed by atoms with Crippen molar-refractivity contribution in [3.63, 3.8) is 0 Å². The van der Waals surface area contributed by atoms with Crippen LogP contribution in [0.1, 0.15) is 30.2 Å². The van der Waals surface area contributed by atoms with Gasteiger partial charge in [0.15, 0.2) is 5.69 Å². The maximum absolute atomic E-state index is 12.8. The third kappa shape index (κ3) is 3.87. The van der Waals surface area contributed by atoms with Crippen molar-refractivity contribution in [1.29, 1.82) is 0 Å². The van der Waals surface area contributed by atoms with Crippen LogP contribution in [-0.2, 0) is 22.1 Å². The fourth-order valence-corrected chi connectivity index (χ4v) is 2.06. The second kappa shape index (κ2) is 6.47. The largest absolute Gasteiger partial charge is 0.466 e. The number of pyridine rings is 1. The first-order valence-electron chi connectivity index (χ1n) is 5.36. The monoisotopic (exact) mass is 361 g/mol. The normalized spacial score (nSPS) is 11.8. The summed E-state index contributed by atoms with van der Waals surface area (Å²) in [5, 5.41) is 0. The topological polar surface area (TPSA) is 39.2 Å². The molecular weight excluding hydrogens is 353 g/mol. The average Bonchev–Trinajstić information content (AvgIpc) is 2.29. The number of rotatable bonds is 4. The van der Waals surface area contributed by atoms with Crippen molar-refractivity contribution in [3.8, 4) is 0 Å². The maximum atomic E-state index is 12.8. The van der Waals surface area contributed by atoms with E-state index in [0.717, 1.165) is 6.20 Å². The first kappa shape index (κ1) is 16.8. The molecule has 0 fully saturated rings. The van der Waals surface area contributed by atoms with Crippen molar-refractivity contribution in [2.45, 2.75) is 25.9 Å². The molecule has 0 saturated heterocycles. The molecule has 0 bridgehead atoms. The lowest BCUT2D eigenvalue weighted by atomic mass is 10.1. The molecule has 20 heavy (non-hydrogen) atoms. The lowest BCUT2D eigenvalue weighted by Crippen LogP contribution is -2.16. The second-order valence-corrected chi connectivity index (χ2v) is 4.43. The van der Waals surface area contributed by atoms with Gasteiger partial charge in [-0.15, -0.1) is 0 Å². The Morgan fingerprint density at radius 3 is 2.50 bits per heavy atom. The summed E-state index contributed by atoms with van der Waals surface area (Å²) in [6.07, 6.45) is -8.10. The Bertz CT molecular complexity index is 504. The molecule has 0 N–H and O–H groups in total. The number of hydrogen-bond donors (Lipinski definition) is 0. The number of esters is 1. The molecule has 0 aliphatic rings. The number of nitrogens with zero attached hydrogens (tertiary/aromatic N) is 1. The zero-order valence-electron chi connectivity index (χ0n) is 10.1. The summed E-state index contributed by atoms with van der Waals surface area (Å²) in [6.45, 7) is 1.62. The van der Waals surface area contributed by atoms with Crippen LogP contribution in [0.15, 0.2) is 10.7 Å². The van der Waals surface area contributed by atoms with E-state index in [2.05, 4.69) is 25.7 Å². The van der Waals surface area contributed by atoms with Gasteiger partial charge in [-0.1, -0.05) is 0 Å². The predicted octanol–water partition coefficient (Wildman–Crippen LogP) is 3.91. The van der Waals surface area contributed by atoms with Gasteiger partial charge in [0.25, 0.3) is 6.43 Å². The molecule has 112 valence electrons. The van der Waals surface area contributed by atoms with Gasteiger partial charge < -0.3 is 4.74 Å². The molecule has 1 heterocycles. The number of ether oxygens (including phenoxy) is 1. The Morgan fingerprint density at radius 1 is 1.45 bits per heavy atom. The number of halogens is 6. The molecule has 0 saturated carbocycles. The Morgan fingerprint density at radius 2 is 2.05 bits per heavy atom. The van der Waals surface area contributed by atoms with Crippen molar-refractivity contribution in [2.75, 3.05) is 6.61 Å². The first-order chi connectivity index (χ1) is 9.18. The van der Waals surface area contributed by atoms with Crippen molar-refractivity contribution in [3.05, 3.63) is 27.5 Å². The van der Waals surface area contributed by atoms with Crippen molar-refractivity contribution < 1.29 is 31.5 Å². The van der Waals surface area contributed by atoms with Crippen LogP contribution >= 0.6 is 15.9 Å². The molecule has 0 unspecified atom stereocenters. The van der Waals surface area contributed by atoms with Crippen LogP contribution in [0, 0.1) is 0 Å². The minimum absolute atomic E-state index is 0.0756. The van der Waals surface area contributed by atoms with Crippen LogP contribution < -0.4 is 0 Å². The van der Waals surface area contributed by atoms with Crippen molar-refractivity contribution in [2.24, 2.45) is 0 Å². The Labute approximate surface area is 119 Å². The highest BCUT2D eigenvalue weighted by atomic mass is 79.9. The number of aromatic nitrogens is 1. The zero-order chi connectivity index (χ0) is 15.5. The van der Waals surface area contributed by atoms with Crippen LogP contribution in [0.25, 0.3) is 0 Å². The highest BCUT2D eigenvalue weighted by Gasteiger charge is 2.39. The zero-order valence-corrected chi connectivity index (χ0v) is 11.7. The molecule has 9 heteroatoms. The molecule has 0 atom stereocenters. The van der Waals surface area contributed by atoms with Gasteiger partial charge >= 0.3 is 12.1 Å². The van der Waals surface area contributed by atoms with Gasteiger partial charge in [-0.05, 0) is 28.4 Å². The van der Waals surface area contributed by atoms with Gasteiger partial charge in [-0.2, -0.15) is 13.2 Å². The second-order valence-electron chi connectivity index (χ2n) is 3.64. The van der Waals surface area contributed by atoms with Crippen LogP contribution in [-0.4, -0.2) is 17.6 Å². The molecule has 1 aromatic rings. The summed E-state index contributed by atoms with van der Waals surface area (Å²) < 4.78 is 67.5. The predicted molar refractivity (Wildman–Crippen MR) is 62.2 cm³/mol. The van der Waals surface area contributed by atoms with E-state index < -0.39 is 40.7 Å². The SMILES string of the molecule is CCOC(=O)Cc1cnc(C(F)(F)F)c(C(F)F)c1Br. The summed E-state index contributed by atoms with van der Waals surface area (Å²) in [5.74, 6) is -0.741. The fourth-order valence-electron chi connectivity index (χ4n) is 1.46. The molecule has 0 radical (unpaired) electrons. The quantitative estimate of drug-likeness (QED) is 0.602. The van der Waals surface area contributed by atoms with E-state index in [9.17, 15) is 26.7 Å². The number of carbonyl (C=O) groups excluding carboxylic acids is 1. The molecular formula is C11H9BrF5NO2. The van der Waals surface area contributed by atoms with Crippen LogP contribution in [0.4, 0.5) is 22.0 Å². The summed E-state index contributed by atoms with van der Waals surface area (Å²) in [7, 11) is 0. The Hall–Kier alpha value is -1.25. The van der Waals surface area contributed by atoms with Gasteiger partial charge in [-0.25, -0.2) is 8.78 Å². The molecule has 0 aliphatic heterocycles. The molecule has 1 rings (SSSR count). The Kier molecular flexibility index (Phi) is 5.43. The van der Waals surface area contributed by atoms with E-state index >= 15 is 0 Å². The van der Waals surface area contributed by atoms with Crippen LogP contribution in [0.2, 0.25) is 0 Å². The minimum atomic E-state index is -5.00. The van der Waals surface area contributed by atoms with E-state index in [4.69, 9.17) is 0 Å². The lowest BCUT2D eigenvalue weighted by Gasteiger charge is -2.15. The molecule has 1 aromatic heterocycles. The van der Waals surface area contributed by atoms with E-state index in [1.165, 1.54) is 0 Å². The van der Waals surface area contributed by atoms with Crippen LogP contribution in [0.5, 0.6) is 0 Å². The van der Waals surface area contributed by atoms with E-state index in [1.807, 2.05) is 0 Å². The third-order valence-electron chi connectivity index (χ3n) is 2.25. The summed E-state index contributed by atoms with van der Waals surface area (Å²) in [5.41, 5.74) is -3.04. The van der Waals surface area contributed by atoms with Gasteiger partial charge in [0, 0.05) is 10.7 Å².